The van der Waals surface area contributed by atoms with Crippen molar-refractivity contribution in [1.29, 1.82) is 0 Å². The van der Waals surface area contributed by atoms with Gasteiger partial charge in [-0.1, -0.05) is 11.3 Å². The molecule has 7 heteroatoms. The average Bonchev–Trinajstić information content (AvgIpc) is 2.48. The van der Waals surface area contributed by atoms with Crippen LogP contribution >= 0.6 is 11.3 Å². The Hall–Kier alpha value is -0.530. The third-order valence-electron chi connectivity index (χ3n) is 1.65. The van der Waals surface area contributed by atoms with E-state index < -0.39 is 15.1 Å². The van der Waals surface area contributed by atoms with E-state index in [4.69, 9.17) is 5.73 Å². The van der Waals surface area contributed by atoms with Gasteiger partial charge in [0.1, 0.15) is 15.3 Å². The average molecular weight is 221 g/mol. The van der Waals surface area contributed by atoms with E-state index >= 15 is 0 Å². The van der Waals surface area contributed by atoms with Gasteiger partial charge in [0, 0.05) is 12.8 Å². The molecule has 74 valence electrons. The molecule has 0 fully saturated rings. The highest BCUT2D eigenvalue weighted by Crippen LogP contribution is 2.23. The third kappa shape index (κ3) is 2.45. The molecule has 5 nitrogen and oxygen atoms in total. The fourth-order valence-corrected chi connectivity index (χ4v) is 2.43. The van der Waals surface area contributed by atoms with Crippen molar-refractivity contribution in [1.82, 2.24) is 10.2 Å². The highest BCUT2D eigenvalue weighted by Gasteiger charge is 2.21. The first-order valence-electron chi connectivity index (χ1n) is 3.66. The van der Waals surface area contributed by atoms with Gasteiger partial charge in [-0.05, 0) is 6.92 Å². The van der Waals surface area contributed by atoms with Crippen LogP contribution in [0.1, 0.15) is 22.2 Å². The molecule has 1 aromatic heterocycles. The first kappa shape index (κ1) is 10.6. The Morgan fingerprint density at radius 2 is 2.15 bits per heavy atom. The van der Waals surface area contributed by atoms with E-state index in [9.17, 15) is 8.42 Å². The zero-order chi connectivity index (χ0) is 10.1. The molecule has 1 unspecified atom stereocenters. The van der Waals surface area contributed by atoms with Crippen LogP contribution < -0.4 is 5.73 Å². The molecular formula is C6H11N3O2S2. The molecule has 0 aliphatic heterocycles. The SMILES string of the molecule is CC(c1nnc(CN)s1)S(C)(=O)=O. The van der Waals surface area contributed by atoms with Crippen LogP contribution in [-0.4, -0.2) is 24.9 Å². The first-order chi connectivity index (χ1) is 5.95. The van der Waals surface area contributed by atoms with Crippen LogP contribution in [0, 0.1) is 0 Å². The summed E-state index contributed by atoms with van der Waals surface area (Å²) in [5.41, 5.74) is 5.33. The summed E-state index contributed by atoms with van der Waals surface area (Å²) >= 11 is 1.24. The summed E-state index contributed by atoms with van der Waals surface area (Å²) < 4.78 is 22.3. The van der Waals surface area contributed by atoms with Gasteiger partial charge in [0.2, 0.25) is 0 Å². The Balaban J connectivity index is 2.96. The molecule has 0 aliphatic carbocycles. The number of rotatable bonds is 3. The molecule has 0 saturated heterocycles. The minimum absolute atomic E-state index is 0.300. The fraction of sp³-hybridized carbons (Fsp3) is 0.667. The minimum atomic E-state index is -3.08. The van der Waals surface area contributed by atoms with Gasteiger partial charge in [0.25, 0.3) is 0 Å². The Bertz CT molecular complexity index is 384. The molecule has 0 bridgehead atoms. The van der Waals surface area contributed by atoms with Crippen LogP contribution in [0.4, 0.5) is 0 Å². The van der Waals surface area contributed by atoms with E-state index in [-0.39, 0.29) is 0 Å². The van der Waals surface area contributed by atoms with Crippen LogP contribution in [0.2, 0.25) is 0 Å². The summed E-state index contributed by atoms with van der Waals surface area (Å²) in [4.78, 5) is 0. The van der Waals surface area contributed by atoms with E-state index in [1.165, 1.54) is 17.6 Å². The largest absolute Gasteiger partial charge is 0.324 e. The van der Waals surface area contributed by atoms with Crippen molar-refractivity contribution in [3.63, 3.8) is 0 Å². The lowest BCUT2D eigenvalue weighted by Gasteiger charge is -2.02. The molecule has 0 aliphatic rings. The number of sulfone groups is 1. The number of hydrogen-bond donors (Lipinski definition) is 1. The molecule has 1 atom stereocenters. The molecule has 0 saturated carbocycles. The molecule has 2 N–H and O–H groups in total. The maximum atomic E-state index is 11.1. The van der Waals surface area contributed by atoms with Crippen LogP contribution in [0.15, 0.2) is 0 Å². The number of aromatic nitrogens is 2. The van der Waals surface area contributed by atoms with Gasteiger partial charge in [0.05, 0.1) is 0 Å². The van der Waals surface area contributed by atoms with Gasteiger partial charge in [0.15, 0.2) is 9.84 Å². The van der Waals surface area contributed by atoms with Crippen molar-refractivity contribution < 1.29 is 8.42 Å². The Morgan fingerprint density at radius 3 is 2.54 bits per heavy atom. The molecule has 0 spiro atoms. The summed E-state index contributed by atoms with van der Waals surface area (Å²) in [6.45, 7) is 1.89. The van der Waals surface area contributed by atoms with E-state index in [0.717, 1.165) is 0 Å². The van der Waals surface area contributed by atoms with Crippen molar-refractivity contribution in [2.24, 2.45) is 5.73 Å². The van der Waals surface area contributed by atoms with Crippen LogP contribution in [0.5, 0.6) is 0 Å². The lowest BCUT2D eigenvalue weighted by molar-refractivity contribution is 0.591. The quantitative estimate of drug-likeness (QED) is 0.782. The van der Waals surface area contributed by atoms with Crippen LogP contribution in [-0.2, 0) is 16.4 Å². The van der Waals surface area contributed by atoms with Crippen molar-refractivity contribution in [3.8, 4) is 0 Å². The number of nitrogens with zero attached hydrogens (tertiary/aromatic N) is 2. The molecule has 0 radical (unpaired) electrons. The lowest BCUT2D eigenvalue weighted by Crippen LogP contribution is -2.07. The first-order valence-corrected chi connectivity index (χ1v) is 6.43. The summed E-state index contributed by atoms with van der Waals surface area (Å²) in [6.07, 6.45) is 1.18. The molecule has 13 heavy (non-hydrogen) atoms. The van der Waals surface area contributed by atoms with Crippen molar-refractivity contribution in [2.45, 2.75) is 18.7 Å². The van der Waals surface area contributed by atoms with Gasteiger partial charge in [-0.2, -0.15) is 0 Å². The Labute approximate surface area is 80.9 Å². The van der Waals surface area contributed by atoms with Gasteiger partial charge >= 0.3 is 0 Å². The predicted molar refractivity (Wildman–Crippen MR) is 51.1 cm³/mol. The molecule has 1 rings (SSSR count). The topological polar surface area (TPSA) is 85.9 Å². The smallest absolute Gasteiger partial charge is 0.156 e. The fourth-order valence-electron chi connectivity index (χ4n) is 0.696. The standard InChI is InChI=1S/C6H11N3O2S2/c1-4(13(2,10)11)6-9-8-5(3-7)12-6/h4H,3,7H2,1-2H3. The van der Waals surface area contributed by atoms with Crippen molar-refractivity contribution in [2.75, 3.05) is 6.26 Å². The molecular weight excluding hydrogens is 210 g/mol. The van der Waals surface area contributed by atoms with E-state index in [0.29, 0.717) is 16.6 Å². The van der Waals surface area contributed by atoms with Gasteiger partial charge < -0.3 is 5.73 Å². The molecule has 1 aromatic rings. The third-order valence-corrected chi connectivity index (χ3v) is 4.43. The van der Waals surface area contributed by atoms with Gasteiger partial charge in [-0.25, -0.2) is 8.42 Å². The van der Waals surface area contributed by atoms with E-state index in [1.807, 2.05) is 0 Å². The Morgan fingerprint density at radius 1 is 1.54 bits per heavy atom. The minimum Gasteiger partial charge on any atom is -0.324 e. The zero-order valence-electron chi connectivity index (χ0n) is 7.39. The summed E-state index contributed by atoms with van der Waals surface area (Å²) in [5.74, 6) is 0. The zero-order valence-corrected chi connectivity index (χ0v) is 9.02. The summed E-state index contributed by atoms with van der Waals surface area (Å²) in [6, 6.07) is 0. The van der Waals surface area contributed by atoms with Gasteiger partial charge in [-0.3, -0.25) is 0 Å². The van der Waals surface area contributed by atoms with Gasteiger partial charge in [-0.15, -0.1) is 10.2 Å². The number of nitrogens with two attached hydrogens (primary N) is 1. The highest BCUT2D eigenvalue weighted by atomic mass is 32.2. The maximum absolute atomic E-state index is 11.1. The lowest BCUT2D eigenvalue weighted by atomic mass is 10.5. The van der Waals surface area contributed by atoms with E-state index in [2.05, 4.69) is 10.2 Å². The second-order valence-electron chi connectivity index (χ2n) is 2.71. The normalized spacial score (nSPS) is 14.4. The second-order valence-corrected chi connectivity index (χ2v) is 6.17. The van der Waals surface area contributed by atoms with E-state index in [1.54, 1.807) is 6.92 Å². The van der Waals surface area contributed by atoms with Crippen LogP contribution in [0.25, 0.3) is 0 Å². The van der Waals surface area contributed by atoms with Crippen molar-refractivity contribution >= 4 is 21.2 Å². The molecule has 0 amide bonds. The number of hydrogen-bond acceptors (Lipinski definition) is 6. The Kier molecular flexibility index (Phi) is 2.99. The summed E-state index contributed by atoms with van der Waals surface area (Å²) in [5, 5.41) is 8.08. The maximum Gasteiger partial charge on any atom is 0.156 e. The van der Waals surface area contributed by atoms with Crippen molar-refractivity contribution in [3.05, 3.63) is 10.0 Å². The second kappa shape index (κ2) is 3.69. The predicted octanol–water partition coefficient (Wildman–Crippen LogP) is 0.102. The molecule has 1 heterocycles. The molecule has 0 aromatic carbocycles. The summed E-state index contributed by atoms with van der Waals surface area (Å²) in [7, 11) is -3.08. The van der Waals surface area contributed by atoms with Crippen LogP contribution in [0.3, 0.4) is 0 Å². The highest BCUT2D eigenvalue weighted by molar-refractivity contribution is 7.91. The monoisotopic (exact) mass is 221 g/mol.